The second-order valence-corrected chi connectivity index (χ2v) is 11.0. The van der Waals surface area contributed by atoms with Gasteiger partial charge in [0, 0.05) is 16.8 Å². The molecule has 3 heterocycles. The van der Waals surface area contributed by atoms with Crippen molar-refractivity contribution in [1.82, 2.24) is 4.98 Å². The Hall–Kier alpha value is -1.45. The minimum Gasteiger partial charge on any atom is -0.333 e. The Morgan fingerprint density at radius 1 is 1.14 bits per heavy atom. The van der Waals surface area contributed by atoms with Crippen molar-refractivity contribution in [2.45, 2.75) is 38.3 Å². The summed E-state index contributed by atoms with van der Waals surface area (Å²) < 4.78 is 2.36. The van der Waals surface area contributed by atoms with Crippen LogP contribution in [0, 0.1) is 6.92 Å². The molecule has 0 atom stereocenters. The molecule has 2 aromatic rings. The first kappa shape index (κ1) is 14.2. The summed E-state index contributed by atoms with van der Waals surface area (Å²) in [4.78, 5) is 3.97. The van der Waals surface area contributed by atoms with Gasteiger partial charge < -0.3 is 4.98 Å². The zero-order chi connectivity index (χ0) is 15.2. The fourth-order valence-corrected chi connectivity index (χ4v) is 9.31. The standard InChI is InChI=1S/C19H25N2Si/c1-15-7-3-4-8-17(15)18-13-16-9-10-20-22(11-5-6-12-22)19(16)14-21(18)2/h3-4,7-8,13-14,20H,5-6,9-12H2,1-2H3/q+1. The Kier molecular flexibility index (Phi) is 3.42. The van der Waals surface area contributed by atoms with Gasteiger partial charge in [-0.15, -0.1) is 0 Å². The molecule has 1 aromatic heterocycles. The van der Waals surface area contributed by atoms with Gasteiger partial charge in [-0.25, -0.2) is 4.57 Å². The second-order valence-electron chi connectivity index (χ2n) is 6.99. The van der Waals surface area contributed by atoms with E-state index in [4.69, 9.17) is 0 Å². The van der Waals surface area contributed by atoms with Crippen LogP contribution in [0.3, 0.4) is 0 Å². The lowest BCUT2D eigenvalue weighted by Crippen LogP contribution is -2.64. The van der Waals surface area contributed by atoms with E-state index in [0.29, 0.717) is 0 Å². The van der Waals surface area contributed by atoms with Gasteiger partial charge in [-0.3, -0.25) is 0 Å². The third kappa shape index (κ3) is 2.15. The Morgan fingerprint density at radius 3 is 2.68 bits per heavy atom. The lowest BCUT2D eigenvalue weighted by Gasteiger charge is -2.33. The molecule has 1 fully saturated rings. The maximum atomic E-state index is 3.97. The van der Waals surface area contributed by atoms with Crippen LogP contribution >= 0.6 is 0 Å². The number of benzene rings is 1. The van der Waals surface area contributed by atoms with Crippen LogP contribution in [0.4, 0.5) is 0 Å². The summed E-state index contributed by atoms with van der Waals surface area (Å²) in [5, 5.41) is 1.69. The molecule has 3 heteroatoms. The molecule has 22 heavy (non-hydrogen) atoms. The number of aromatic nitrogens is 1. The molecule has 0 saturated carbocycles. The van der Waals surface area contributed by atoms with Gasteiger partial charge in [0.25, 0.3) is 0 Å². The Labute approximate surface area is 134 Å². The third-order valence-electron chi connectivity index (χ3n) is 5.61. The highest BCUT2D eigenvalue weighted by molar-refractivity contribution is 6.90. The molecule has 1 saturated heterocycles. The molecular weight excluding hydrogens is 284 g/mol. The maximum absolute atomic E-state index is 3.97. The highest BCUT2D eigenvalue weighted by Crippen LogP contribution is 2.31. The van der Waals surface area contributed by atoms with E-state index in [1.807, 2.05) is 0 Å². The molecule has 0 aliphatic carbocycles. The van der Waals surface area contributed by atoms with E-state index < -0.39 is 8.24 Å². The van der Waals surface area contributed by atoms with Crippen molar-refractivity contribution < 1.29 is 4.57 Å². The highest BCUT2D eigenvalue weighted by Gasteiger charge is 2.43. The molecule has 2 aliphatic rings. The molecule has 1 aromatic carbocycles. The van der Waals surface area contributed by atoms with Crippen molar-refractivity contribution >= 4 is 13.4 Å². The average Bonchev–Trinajstić information content (AvgIpc) is 2.98. The van der Waals surface area contributed by atoms with Crippen molar-refractivity contribution in [2.75, 3.05) is 6.54 Å². The number of nitrogens with zero attached hydrogens (tertiary/aromatic N) is 1. The van der Waals surface area contributed by atoms with Crippen molar-refractivity contribution in [1.29, 1.82) is 0 Å². The molecule has 2 nitrogen and oxygen atoms in total. The van der Waals surface area contributed by atoms with Crippen LogP contribution in [0.2, 0.25) is 12.1 Å². The fourth-order valence-electron chi connectivity index (χ4n) is 4.41. The van der Waals surface area contributed by atoms with Gasteiger partial charge in [-0.05, 0) is 49.2 Å². The summed E-state index contributed by atoms with van der Waals surface area (Å²) in [6.07, 6.45) is 6.48. The minimum atomic E-state index is -1.38. The van der Waals surface area contributed by atoms with Crippen molar-refractivity contribution in [3.63, 3.8) is 0 Å². The normalized spacial score (nSPS) is 19.4. The first-order valence-corrected chi connectivity index (χ1v) is 11.0. The zero-order valence-corrected chi connectivity index (χ0v) is 14.7. The summed E-state index contributed by atoms with van der Waals surface area (Å²) >= 11 is 0. The third-order valence-corrected chi connectivity index (χ3v) is 10.4. The summed E-state index contributed by atoms with van der Waals surface area (Å²) in [5.74, 6) is 0. The van der Waals surface area contributed by atoms with Gasteiger partial charge in [0.1, 0.15) is 7.05 Å². The summed E-state index contributed by atoms with van der Waals surface area (Å²) in [5.41, 5.74) is 5.71. The van der Waals surface area contributed by atoms with Crippen LogP contribution < -0.4 is 14.7 Å². The van der Waals surface area contributed by atoms with Gasteiger partial charge in [0.15, 0.2) is 14.4 Å². The Balaban J connectivity index is 1.86. The summed E-state index contributed by atoms with van der Waals surface area (Å²) in [7, 11) is 0.836. The van der Waals surface area contributed by atoms with Gasteiger partial charge in [-0.2, -0.15) is 0 Å². The minimum absolute atomic E-state index is 1.18. The van der Waals surface area contributed by atoms with Crippen molar-refractivity contribution in [3.8, 4) is 11.3 Å². The molecule has 0 radical (unpaired) electrons. The summed E-state index contributed by atoms with van der Waals surface area (Å²) in [6.45, 7) is 3.39. The van der Waals surface area contributed by atoms with Crippen LogP contribution in [-0.2, 0) is 13.5 Å². The lowest BCUT2D eigenvalue weighted by molar-refractivity contribution is -0.659. The number of fused-ring (bicyclic) bond motifs is 2. The predicted octanol–water partition coefficient (Wildman–Crippen LogP) is 2.58. The van der Waals surface area contributed by atoms with E-state index in [9.17, 15) is 0 Å². The van der Waals surface area contributed by atoms with Crippen LogP contribution in [0.1, 0.15) is 24.0 Å². The Morgan fingerprint density at radius 2 is 1.91 bits per heavy atom. The topological polar surface area (TPSA) is 15.9 Å². The largest absolute Gasteiger partial charge is 0.333 e. The quantitative estimate of drug-likeness (QED) is 0.632. The SMILES string of the molecule is Cc1ccccc1-c1cc2c(c[n+]1C)[Si]1(CCCC1)NCC2. The number of nitrogens with one attached hydrogen (secondary N) is 1. The average molecular weight is 310 g/mol. The zero-order valence-electron chi connectivity index (χ0n) is 13.7. The molecule has 0 amide bonds. The van der Waals surface area contributed by atoms with Gasteiger partial charge in [0.2, 0.25) is 5.69 Å². The number of aryl methyl sites for hydroxylation is 2. The van der Waals surface area contributed by atoms with Crippen molar-refractivity contribution in [2.24, 2.45) is 7.05 Å². The number of hydrogen-bond donors (Lipinski definition) is 1. The first-order valence-electron chi connectivity index (χ1n) is 8.54. The molecular formula is C19H25N2Si+. The molecule has 114 valence electrons. The smallest absolute Gasteiger partial charge is 0.212 e. The van der Waals surface area contributed by atoms with Crippen LogP contribution in [0.15, 0.2) is 36.5 Å². The van der Waals surface area contributed by atoms with E-state index >= 15 is 0 Å². The van der Waals surface area contributed by atoms with Crippen LogP contribution in [0.25, 0.3) is 11.3 Å². The molecule has 0 unspecified atom stereocenters. The maximum Gasteiger partial charge on any atom is 0.212 e. The number of hydrogen-bond acceptors (Lipinski definition) is 1. The van der Waals surface area contributed by atoms with Crippen LogP contribution in [-0.4, -0.2) is 14.8 Å². The highest BCUT2D eigenvalue weighted by atomic mass is 28.3. The lowest BCUT2D eigenvalue weighted by atomic mass is 10.0. The van der Waals surface area contributed by atoms with Gasteiger partial charge in [0.05, 0.1) is 0 Å². The van der Waals surface area contributed by atoms with E-state index in [0.717, 1.165) is 0 Å². The number of pyridine rings is 1. The summed E-state index contributed by atoms with van der Waals surface area (Å²) in [6, 6.07) is 14.1. The van der Waals surface area contributed by atoms with E-state index in [1.54, 1.807) is 10.8 Å². The number of rotatable bonds is 1. The monoisotopic (exact) mass is 309 g/mol. The molecule has 1 N–H and O–H groups in total. The van der Waals surface area contributed by atoms with E-state index in [-0.39, 0.29) is 0 Å². The molecule has 2 aliphatic heterocycles. The predicted molar refractivity (Wildman–Crippen MR) is 93.7 cm³/mol. The van der Waals surface area contributed by atoms with Gasteiger partial charge in [-0.1, -0.05) is 31.0 Å². The van der Waals surface area contributed by atoms with Gasteiger partial charge >= 0.3 is 0 Å². The first-order chi connectivity index (χ1) is 10.7. The fraction of sp³-hybridized carbons (Fsp3) is 0.421. The Bertz CT molecular complexity index is 717. The molecule has 0 bridgehead atoms. The van der Waals surface area contributed by atoms with Crippen LogP contribution in [0.5, 0.6) is 0 Å². The second kappa shape index (κ2) is 5.32. The van der Waals surface area contributed by atoms with Crippen molar-refractivity contribution in [3.05, 3.63) is 47.7 Å². The van der Waals surface area contributed by atoms with E-state index in [2.05, 4.69) is 60.0 Å². The molecule has 4 rings (SSSR count). The van der Waals surface area contributed by atoms with E-state index in [1.165, 1.54) is 54.7 Å². The molecule has 1 spiro atoms.